The fourth-order valence-corrected chi connectivity index (χ4v) is 3.78. The summed E-state index contributed by atoms with van der Waals surface area (Å²) in [5.74, 6) is 0.714. The summed E-state index contributed by atoms with van der Waals surface area (Å²) in [6.45, 7) is 7.35. The van der Waals surface area contributed by atoms with Crippen LogP contribution in [0.1, 0.15) is 42.0 Å². The molecule has 9 heteroatoms. The topological polar surface area (TPSA) is 110 Å². The number of carbonyl (C=O) groups excluding carboxylic acids is 1. The normalized spacial score (nSPS) is 10.8. The number of hydrogen-bond acceptors (Lipinski definition) is 8. The number of hydrogen-bond donors (Lipinski definition) is 1. The van der Waals surface area contributed by atoms with E-state index in [0.29, 0.717) is 18.2 Å². The first-order valence-electron chi connectivity index (χ1n) is 11.3. The molecule has 174 valence electrons. The number of tetrazole rings is 1. The molecule has 0 aliphatic rings. The number of aromatic nitrogens is 6. The summed E-state index contributed by atoms with van der Waals surface area (Å²) in [6.07, 6.45) is 2.49. The summed E-state index contributed by atoms with van der Waals surface area (Å²) < 4.78 is 5.21. The zero-order chi connectivity index (χ0) is 23.9. The Hall–Kier alpha value is -4.14. The van der Waals surface area contributed by atoms with Crippen molar-refractivity contribution in [3.05, 3.63) is 71.7 Å². The van der Waals surface area contributed by atoms with Crippen molar-refractivity contribution in [1.29, 1.82) is 0 Å². The molecule has 0 fully saturated rings. The fraction of sp³-hybridized carbons (Fsp3) is 0.280. The van der Waals surface area contributed by atoms with Gasteiger partial charge < -0.3 is 9.64 Å². The molecule has 0 saturated carbocycles. The number of aryl methyl sites for hydroxylation is 1. The lowest BCUT2D eigenvalue weighted by molar-refractivity contribution is 0.0519. The maximum Gasteiger partial charge on any atom is 0.360 e. The highest BCUT2D eigenvalue weighted by molar-refractivity contribution is 5.92. The van der Waals surface area contributed by atoms with Crippen LogP contribution in [0.4, 0.5) is 5.82 Å². The number of benzene rings is 2. The predicted octanol–water partition coefficient (Wildman–Crippen LogP) is 4.23. The monoisotopic (exact) mass is 457 g/mol. The van der Waals surface area contributed by atoms with E-state index in [-0.39, 0.29) is 12.3 Å². The number of nitrogens with one attached hydrogen (secondary N) is 1. The van der Waals surface area contributed by atoms with Gasteiger partial charge in [0.05, 0.1) is 12.3 Å². The van der Waals surface area contributed by atoms with Crippen molar-refractivity contribution in [2.45, 2.75) is 33.7 Å². The van der Waals surface area contributed by atoms with Crippen LogP contribution in [-0.4, -0.2) is 49.7 Å². The van der Waals surface area contributed by atoms with Crippen LogP contribution in [-0.2, 0) is 11.3 Å². The molecular formula is C25H27N7O2. The Bertz CT molecular complexity index is 1240. The van der Waals surface area contributed by atoms with Gasteiger partial charge in [-0.05, 0) is 47.4 Å². The van der Waals surface area contributed by atoms with E-state index in [9.17, 15) is 4.79 Å². The quantitative estimate of drug-likeness (QED) is 0.372. The molecule has 2 heterocycles. The SMILES string of the molecule is CCCN(Cc1ccc(-c2ccccc2-c2nnn[nH]2)cc1)c1nc(C)cnc1C(=O)OCC. The third-order valence-corrected chi connectivity index (χ3v) is 5.30. The van der Waals surface area contributed by atoms with Crippen LogP contribution in [0.2, 0.25) is 0 Å². The lowest BCUT2D eigenvalue weighted by Crippen LogP contribution is -2.28. The molecule has 0 spiro atoms. The Morgan fingerprint density at radius 3 is 2.50 bits per heavy atom. The van der Waals surface area contributed by atoms with Gasteiger partial charge >= 0.3 is 5.97 Å². The number of carbonyl (C=O) groups is 1. The van der Waals surface area contributed by atoms with E-state index in [4.69, 9.17) is 4.74 Å². The average Bonchev–Trinajstić information content (AvgIpc) is 3.39. The molecular weight excluding hydrogens is 430 g/mol. The molecule has 0 saturated heterocycles. The largest absolute Gasteiger partial charge is 0.461 e. The summed E-state index contributed by atoms with van der Waals surface area (Å²) >= 11 is 0. The second kappa shape index (κ2) is 10.7. The van der Waals surface area contributed by atoms with Gasteiger partial charge in [-0.25, -0.2) is 19.9 Å². The van der Waals surface area contributed by atoms with Crippen LogP contribution in [0.15, 0.2) is 54.7 Å². The standard InChI is InChI=1S/C25H27N7O2/c1-4-14-32(24-22(25(33)34-5-2)26-15-17(3)27-24)16-18-10-12-19(13-11-18)20-8-6-7-9-21(20)23-28-30-31-29-23/h6-13,15H,4-5,14,16H2,1-3H3,(H,28,29,30,31). The van der Waals surface area contributed by atoms with Crippen molar-refractivity contribution in [2.75, 3.05) is 18.1 Å². The molecule has 1 N–H and O–H groups in total. The van der Waals surface area contributed by atoms with E-state index < -0.39 is 5.97 Å². The maximum atomic E-state index is 12.5. The minimum absolute atomic E-state index is 0.243. The van der Waals surface area contributed by atoms with Crippen LogP contribution in [0, 0.1) is 6.92 Å². The summed E-state index contributed by atoms with van der Waals surface area (Å²) in [5.41, 5.74) is 5.11. The minimum Gasteiger partial charge on any atom is -0.461 e. The van der Waals surface area contributed by atoms with Crippen molar-refractivity contribution < 1.29 is 9.53 Å². The van der Waals surface area contributed by atoms with E-state index in [2.05, 4.69) is 66.7 Å². The van der Waals surface area contributed by atoms with Crippen LogP contribution in [0.3, 0.4) is 0 Å². The average molecular weight is 458 g/mol. The Morgan fingerprint density at radius 2 is 1.82 bits per heavy atom. The smallest absolute Gasteiger partial charge is 0.360 e. The van der Waals surface area contributed by atoms with Gasteiger partial charge in [0.25, 0.3) is 0 Å². The van der Waals surface area contributed by atoms with Crippen LogP contribution < -0.4 is 4.90 Å². The third-order valence-electron chi connectivity index (χ3n) is 5.30. The zero-order valence-electron chi connectivity index (χ0n) is 19.5. The van der Waals surface area contributed by atoms with Crippen molar-refractivity contribution in [3.63, 3.8) is 0 Å². The Kier molecular flexibility index (Phi) is 7.22. The molecule has 9 nitrogen and oxygen atoms in total. The summed E-state index contributed by atoms with van der Waals surface area (Å²) in [7, 11) is 0. The van der Waals surface area contributed by atoms with Crippen molar-refractivity contribution in [1.82, 2.24) is 30.6 Å². The van der Waals surface area contributed by atoms with Gasteiger partial charge in [-0.1, -0.05) is 55.5 Å². The Morgan fingerprint density at radius 1 is 1.06 bits per heavy atom. The number of rotatable bonds is 9. The predicted molar refractivity (Wildman–Crippen MR) is 129 cm³/mol. The van der Waals surface area contributed by atoms with Gasteiger partial charge in [-0.3, -0.25) is 0 Å². The Labute approximate surface area is 198 Å². The van der Waals surface area contributed by atoms with Gasteiger partial charge in [0.15, 0.2) is 17.3 Å². The summed E-state index contributed by atoms with van der Waals surface area (Å²) in [4.78, 5) is 23.5. The summed E-state index contributed by atoms with van der Waals surface area (Å²) in [5, 5.41) is 14.3. The maximum absolute atomic E-state index is 12.5. The first kappa shape index (κ1) is 23.0. The molecule has 0 amide bonds. The number of nitrogens with zero attached hydrogens (tertiary/aromatic N) is 6. The van der Waals surface area contributed by atoms with Crippen LogP contribution in [0.25, 0.3) is 22.5 Å². The van der Waals surface area contributed by atoms with Crippen molar-refractivity contribution >= 4 is 11.8 Å². The second-order valence-electron chi connectivity index (χ2n) is 7.82. The van der Waals surface area contributed by atoms with Crippen LogP contribution in [0.5, 0.6) is 0 Å². The molecule has 0 unspecified atom stereocenters. The molecule has 0 aliphatic heterocycles. The van der Waals surface area contributed by atoms with E-state index in [1.165, 1.54) is 0 Å². The third kappa shape index (κ3) is 5.09. The van der Waals surface area contributed by atoms with E-state index in [1.54, 1.807) is 13.1 Å². The zero-order valence-corrected chi connectivity index (χ0v) is 19.5. The molecule has 4 aromatic rings. The fourth-order valence-electron chi connectivity index (χ4n) is 3.78. The first-order chi connectivity index (χ1) is 16.6. The first-order valence-corrected chi connectivity index (χ1v) is 11.3. The second-order valence-corrected chi connectivity index (χ2v) is 7.82. The minimum atomic E-state index is -0.458. The van der Waals surface area contributed by atoms with Gasteiger partial charge in [-0.2, -0.15) is 0 Å². The van der Waals surface area contributed by atoms with E-state index in [1.807, 2.05) is 31.2 Å². The highest BCUT2D eigenvalue weighted by Gasteiger charge is 2.21. The number of esters is 1. The molecule has 4 rings (SSSR count). The molecule has 0 radical (unpaired) electrons. The molecule has 0 aliphatic carbocycles. The molecule has 2 aromatic heterocycles. The number of ether oxygens (including phenoxy) is 1. The van der Waals surface area contributed by atoms with Gasteiger partial charge in [0.1, 0.15) is 0 Å². The lowest BCUT2D eigenvalue weighted by Gasteiger charge is -2.25. The van der Waals surface area contributed by atoms with E-state index >= 15 is 0 Å². The number of anilines is 1. The highest BCUT2D eigenvalue weighted by Crippen LogP contribution is 2.30. The van der Waals surface area contributed by atoms with Crippen molar-refractivity contribution in [3.8, 4) is 22.5 Å². The van der Waals surface area contributed by atoms with Gasteiger partial charge in [0.2, 0.25) is 0 Å². The molecule has 0 atom stereocenters. The van der Waals surface area contributed by atoms with Gasteiger partial charge in [0, 0.05) is 24.8 Å². The number of H-pyrrole nitrogens is 1. The van der Waals surface area contributed by atoms with E-state index in [0.717, 1.165) is 40.9 Å². The summed E-state index contributed by atoms with van der Waals surface area (Å²) in [6, 6.07) is 16.3. The molecule has 0 bridgehead atoms. The lowest BCUT2D eigenvalue weighted by atomic mass is 9.98. The van der Waals surface area contributed by atoms with Crippen molar-refractivity contribution in [2.24, 2.45) is 0 Å². The number of aromatic amines is 1. The molecule has 2 aromatic carbocycles. The molecule has 34 heavy (non-hydrogen) atoms. The highest BCUT2D eigenvalue weighted by atomic mass is 16.5. The van der Waals surface area contributed by atoms with Crippen LogP contribution >= 0.6 is 0 Å². The Balaban J connectivity index is 1.62. The van der Waals surface area contributed by atoms with Gasteiger partial charge in [-0.15, -0.1) is 5.10 Å².